The zero-order valence-electron chi connectivity index (χ0n) is 17.5. The van der Waals surface area contributed by atoms with E-state index in [1.807, 2.05) is 50.2 Å². The Morgan fingerprint density at radius 3 is 2.00 bits per heavy atom. The van der Waals surface area contributed by atoms with Crippen molar-refractivity contribution in [2.75, 3.05) is 18.4 Å². The maximum absolute atomic E-state index is 12.5. The number of anilines is 1. The number of carbonyl (C=O) groups excluding carboxylic acids is 2. The van der Waals surface area contributed by atoms with Crippen molar-refractivity contribution in [1.29, 1.82) is 0 Å². The summed E-state index contributed by atoms with van der Waals surface area (Å²) in [6, 6.07) is 20.5. The summed E-state index contributed by atoms with van der Waals surface area (Å²) in [7, 11) is 0. The Bertz CT molecular complexity index is 990. The van der Waals surface area contributed by atoms with Crippen LogP contribution >= 0.6 is 11.3 Å². The van der Waals surface area contributed by atoms with Crippen LogP contribution < -0.4 is 16.4 Å². The molecule has 0 aliphatic rings. The number of aryl methyl sites for hydroxylation is 1. The maximum atomic E-state index is 12.5. The number of hydrogen-bond donors (Lipinski definition) is 3. The molecular formula is C24H27N3O2S. The summed E-state index contributed by atoms with van der Waals surface area (Å²) < 4.78 is 0. The van der Waals surface area contributed by atoms with Gasteiger partial charge in [-0.3, -0.25) is 9.59 Å². The minimum Gasteiger partial charge on any atom is -0.365 e. The van der Waals surface area contributed by atoms with Gasteiger partial charge in [-0.25, -0.2) is 0 Å². The Hall–Kier alpha value is -2.96. The molecule has 3 rings (SSSR count). The lowest BCUT2D eigenvalue weighted by Gasteiger charge is -2.31. The second kappa shape index (κ2) is 9.24. The molecule has 2 amide bonds. The fourth-order valence-electron chi connectivity index (χ4n) is 3.59. The molecule has 5 nitrogen and oxygen atoms in total. The van der Waals surface area contributed by atoms with Crippen molar-refractivity contribution in [2.24, 2.45) is 5.73 Å². The van der Waals surface area contributed by atoms with Gasteiger partial charge in [0.2, 0.25) is 5.91 Å². The number of amides is 2. The van der Waals surface area contributed by atoms with Crippen LogP contribution in [-0.2, 0) is 10.2 Å². The Labute approximate surface area is 181 Å². The molecule has 6 heteroatoms. The van der Waals surface area contributed by atoms with Gasteiger partial charge < -0.3 is 16.4 Å². The maximum Gasteiger partial charge on any atom is 0.251 e. The van der Waals surface area contributed by atoms with Crippen LogP contribution in [0.4, 0.5) is 5.00 Å². The molecule has 0 spiro atoms. The van der Waals surface area contributed by atoms with E-state index < -0.39 is 5.91 Å². The zero-order valence-corrected chi connectivity index (χ0v) is 18.3. The molecule has 0 bridgehead atoms. The van der Waals surface area contributed by atoms with E-state index >= 15 is 0 Å². The third kappa shape index (κ3) is 4.61. The van der Waals surface area contributed by atoms with Crippen molar-refractivity contribution < 1.29 is 9.59 Å². The van der Waals surface area contributed by atoms with Crippen molar-refractivity contribution in [2.45, 2.75) is 26.2 Å². The highest BCUT2D eigenvalue weighted by atomic mass is 32.1. The van der Waals surface area contributed by atoms with Crippen molar-refractivity contribution in [3.8, 4) is 0 Å². The van der Waals surface area contributed by atoms with Crippen LogP contribution in [0.3, 0.4) is 0 Å². The smallest absolute Gasteiger partial charge is 0.251 e. The van der Waals surface area contributed by atoms with Gasteiger partial charge >= 0.3 is 0 Å². The third-order valence-corrected chi connectivity index (χ3v) is 6.59. The van der Waals surface area contributed by atoms with E-state index in [-0.39, 0.29) is 17.9 Å². The van der Waals surface area contributed by atoms with E-state index in [0.29, 0.717) is 17.1 Å². The minimum atomic E-state index is -0.527. The molecule has 0 atom stereocenters. The molecule has 0 fully saturated rings. The number of thiophene rings is 1. The first-order valence-corrected chi connectivity index (χ1v) is 10.7. The fourth-order valence-corrected chi connectivity index (χ4v) is 4.67. The standard InChI is InChI=1S/C24H27N3O2S/c1-16-17(2)30-23(21(16)22(25)29)27-20(28)14-26-15-24(3,18-10-6-4-7-11-18)19-12-8-5-9-13-19/h4-13,26H,14-15H2,1-3H3,(H2,25,29)(H,27,28). The lowest BCUT2D eigenvalue weighted by atomic mass is 9.76. The van der Waals surface area contributed by atoms with Gasteiger partial charge in [-0.05, 0) is 30.5 Å². The van der Waals surface area contributed by atoms with Gasteiger partial charge in [0.05, 0.1) is 12.1 Å². The van der Waals surface area contributed by atoms with Crippen LogP contribution in [0.5, 0.6) is 0 Å². The Kier molecular flexibility index (Phi) is 6.70. The van der Waals surface area contributed by atoms with Gasteiger partial charge in [0, 0.05) is 16.8 Å². The number of carbonyl (C=O) groups is 2. The monoisotopic (exact) mass is 421 g/mol. The normalized spacial score (nSPS) is 11.3. The van der Waals surface area contributed by atoms with Gasteiger partial charge in [-0.15, -0.1) is 11.3 Å². The van der Waals surface area contributed by atoms with Crippen molar-refractivity contribution in [3.05, 3.63) is 87.8 Å². The summed E-state index contributed by atoms with van der Waals surface area (Å²) in [5.74, 6) is -0.733. The molecule has 1 heterocycles. The number of benzene rings is 2. The summed E-state index contributed by atoms with van der Waals surface area (Å²) in [4.78, 5) is 25.3. The highest BCUT2D eigenvalue weighted by Crippen LogP contribution is 2.32. The van der Waals surface area contributed by atoms with Crippen LogP contribution in [-0.4, -0.2) is 24.9 Å². The first-order valence-electron chi connectivity index (χ1n) is 9.84. The molecule has 2 aromatic carbocycles. The Balaban J connectivity index is 1.71. The van der Waals surface area contributed by atoms with Crippen molar-refractivity contribution >= 4 is 28.2 Å². The minimum absolute atomic E-state index is 0.128. The Morgan fingerprint density at radius 1 is 0.967 bits per heavy atom. The first kappa shape index (κ1) is 21.7. The largest absolute Gasteiger partial charge is 0.365 e. The molecule has 0 aliphatic heterocycles. The molecule has 0 radical (unpaired) electrons. The second-order valence-electron chi connectivity index (χ2n) is 7.57. The quantitative estimate of drug-likeness (QED) is 0.514. The molecule has 156 valence electrons. The number of nitrogens with one attached hydrogen (secondary N) is 2. The molecule has 4 N–H and O–H groups in total. The van der Waals surface area contributed by atoms with Crippen molar-refractivity contribution in [3.63, 3.8) is 0 Å². The molecule has 0 aliphatic carbocycles. The number of hydrogen-bond acceptors (Lipinski definition) is 4. The highest BCUT2D eigenvalue weighted by Gasteiger charge is 2.28. The van der Waals surface area contributed by atoms with Crippen LogP contribution in [0, 0.1) is 13.8 Å². The van der Waals surface area contributed by atoms with Gasteiger partial charge in [-0.1, -0.05) is 67.6 Å². The topological polar surface area (TPSA) is 84.2 Å². The SMILES string of the molecule is Cc1sc(NC(=O)CNCC(C)(c2ccccc2)c2ccccc2)c(C(N)=O)c1C. The van der Waals surface area contributed by atoms with E-state index in [1.165, 1.54) is 22.5 Å². The molecule has 1 aromatic heterocycles. The highest BCUT2D eigenvalue weighted by molar-refractivity contribution is 7.16. The first-order chi connectivity index (χ1) is 14.3. The van der Waals surface area contributed by atoms with Crippen LogP contribution in [0.25, 0.3) is 0 Å². The van der Waals surface area contributed by atoms with Gasteiger partial charge in [0.15, 0.2) is 0 Å². The van der Waals surface area contributed by atoms with Gasteiger partial charge in [0.25, 0.3) is 5.91 Å². The summed E-state index contributed by atoms with van der Waals surface area (Å²) in [6.45, 7) is 6.62. The number of primary amides is 1. The molecular weight excluding hydrogens is 394 g/mol. The zero-order chi connectivity index (χ0) is 21.7. The van der Waals surface area contributed by atoms with E-state index in [9.17, 15) is 9.59 Å². The lowest BCUT2D eigenvalue weighted by molar-refractivity contribution is -0.115. The predicted molar refractivity (Wildman–Crippen MR) is 123 cm³/mol. The van der Waals surface area contributed by atoms with Crippen LogP contribution in [0.1, 0.15) is 38.8 Å². The number of nitrogens with two attached hydrogens (primary N) is 1. The average Bonchev–Trinajstić information content (AvgIpc) is 3.02. The van der Waals surface area contributed by atoms with Crippen LogP contribution in [0.2, 0.25) is 0 Å². The predicted octanol–water partition coefficient (Wildman–Crippen LogP) is 4.00. The van der Waals surface area contributed by atoms with Crippen LogP contribution in [0.15, 0.2) is 60.7 Å². The summed E-state index contributed by atoms with van der Waals surface area (Å²) >= 11 is 1.37. The third-order valence-electron chi connectivity index (χ3n) is 5.47. The lowest BCUT2D eigenvalue weighted by Crippen LogP contribution is -2.40. The average molecular weight is 422 g/mol. The summed E-state index contributed by atoms with van der Waals surface area (Å²) in [6.07, 6.45) is 0. The second-order valence-corrected chi connectivity index (χ2v) is 8.79. The van der Waals surface area contributed by atoms with E-state index in [0.717, 1.165) is 10.4 Å². The van der Waals surface area contributed by atoms with E-state index in [2.05, 4.69) is 41.8 Å². The fraction of sp³-hybridized carbons (Fsp3) is 0.250. The van der Waals surface area contributed by atoms with Crippen molar-refractivity contribution in [1.82, 2.24) is 5.32 Å². The molecule has 0 saturated carbocycles. The molecule has 3 aromatic rings. The number of rotatable bonds is 8. The summed E-state index contributed by atoms with van der Waals surface area (Å²) in [5, 5.41) is 6.64. The molecule has 0 saturated heterocycles. The summed E-state index contributed by atoms with van der Waals surface area (Å²) in [5.41, 5.74) is 8.75. The Morgan fingerprint density at radius 2 is 1.50 bits per heavy atom. The van der Waals surface area contributed by atoms with Gasteiger partial charge in [0.1, 0.15) is 5.00 Å². The van der Waals surface area contributed by atoms with E-state index in [1.54, 1.807) is 0 Å². The molecule has 30 heavy (non-hydrogen) atoms. The van der Waals surface area contributed by atoms with E-state index in [4.69, 9.17) is 5.73 Å². The van der Waals surface area contributed by atoms with Gasteiger partial charge in [-0.2, -0.15) is 0 Å². The molecule has 0 unspecified atom stereocenters.